The molecule has 0 aliphatic heterocycles. The van der Waals surface area contributed by atoms with Gasteiger partial charge in [-0.15, -0.1) is 0 Å². The molecule has 0 saturated carbocycles. The quantitative estimate of drug-likeness (QED) is 0.813. The molecule has 0 bridgehead atoms. The Morgan fingerprint density at radius 1 is 1.53 bits per heavy atom. The lowest BCUT2D eigenvalue weighted by Crippen LogP contribution is -2.39. The number of nitrogen functional groups attached to an aromatic ring is 1. The number of hydrogen-bond donors (Lipinski definition) is 2. The highest BCUT2D eigenvalue weighted by molar-refractivity contribution is 5.85. The predicted molar refractivity (Wildman–Crippen MR) is 78.0 cm³/mol. The second kappa shape index (κ2) is 6.45. The average molecular weight is 267 g/mol. The van der Waals surface area contributed by atoms with Crippen LogP contribution >= 0.6 is 0 Å². The molecule has 1 unspecified atom stereocenters. The van der Waals surface area contributed by atoms with Crippen LogP contribution in [0.25, 0.3) is 0 Å². The van der Waals surface area contributed by atoms with Crippen molar-refractivity contribution in [1.29, 1.82) is 0 Å². The Labute approximate surface area is 114 Å². The van der Waals surface area contributed by atoms with Crippen LogP contribution in [0.1, 0.15) is 32.9 Å². The Bertz CT molecular complexity index is 440. The van der Waals surface area contributed by atoms with Gasteiger partial charge in [-0.1, -0.05) is 13.3 Å². The van der Waals surface area contributed by atoms with Crippen molar-refractivity contribution in [2.75, 3.05) is 24.6 Å². The van der Waals surface area contributed by atoms with Gasteiger partial charge in [-0.3, -0.25) is 9.48 Å². The number of amides is 1. The number of likely N-dealkylation sites (N-methyl/N-ethyl adjacent to an activating group) is 1. The van der Waals surface area contributed by atoms with Crippen LogP contribution in [0.2, 0.25) is 0 Å². The largest absolute Gasteiger partial charge is 0.394 e. The molecule has 0 radical (unpaired) electrons. The van der Waals surface area contributed by atoms with Crippen LogP contribution in [0.4, 0.5) is 11.5 Å². The van der Waals surface area contributed by atoms with Crippen LogP contribution in [-0.2, 0) is 18.3 Å². The maximum Gasteiger partial charge on any atom is 0.244 e. The fourth-order valence-electron chi connectivity index (χ4n) is 1.94. The number of anilines is 2. The highest BCUT2D eigenvalue weighted by atomic mass is 16.2. The lowest BCUT2D eigenvalue weighted by molar-refractivity contribution is -0.130. The number of nitrogens with zero attached hydrogens (tertiary/aromatic N) is 3. The molecule has 1 rings (SSSR count). The number of aryl methyl sites for hydroxylation is 2. The lowest BCUT2D eigenvalue weighted by Gasteiger charge is -2.21. The van der Waals surface area contributed by atoms with E-state index in [-0.39, 0.29) is 11.9 Å². The molecule has 6 nitrogen and oxygen atoms in total. The zero-order valence-corrected chi connectivity index (χ0v) is 12.5. The van der Waals surface area contributed by atoms with Crippen molar-refractivity contribution >= 4 is 17.4 Å². The van der Waals surface area contributed by atoms with E-state index in [4.69, 9.17) is 5.73 Å². The first kappa shape index (κ1) is 15.3. The Hall–Kier alpha value is -1.72. The minimum absolute atomic E-state index is 0.0418. The highest BCUT2D eigenvalue weighted by Crippen LogP contribution is 2.23. The molecule has 3 N–H and O–H groups in total. The number of hydrogen-bond acceptors (Lipinski definition) is 4. The molecule has 0 aliphatic rings. The molecule has 6 heteroatoms. The normalized spacial score (nSPS) is 12.3. The topological polar surface area (TPSA) is 76.2 Å². The summed E-state index contributed by atoms with van der Waals surface area (Å²) in [5, 5.41) is 7.54. The van der Waals surface area contributed by atoms with E-state index in [0.29, 0.717) is 18.1 Å². The van der Waals surface area contributed by atoms with Crippen molar-refractivity contribution in [3.8, 4) is 0 Å². The van der Waals surface area contributed by atoms with Gasteiger partial charge in [0.1, 0.15) is 11.9 Å². The van der Waals surface area contributed by atoms with Gasteiger partial charge in [0, 0.05) is 20.6 Å². The van der Waals surface area contributed by atoms with Crippen LogP contribution in [0.3, 0.4) is 0 Å². The molecule has 19 heavy (non-hydrogen) atoms. The average Bonchev–Trinajstić information content (AvgIpc) is 2.65. The predicted octanol–water partition coefficient (Wildman–Crippen LogP) is 1.23. The van der Waals surface area contributed by atoms with E-state index in [1.807, 2.05) is 20.9 Å². The SMILES string of the molecule is CCCc1nn(C)c(NC(C)C(=O)N(C)CC)c1N. The molecule has 1 aromatic rings. The minimum atomic E-state index is -0.322. The second-order valence-electron chi connectivity index (χ2n) is 4.80. The lowest BCUT2D eigenvalue weighted by atomic mass is 10.2. The summed E-state index contributed by atoms with van der Waals surface area (Å²) in [5.41, 5.74) is 7.60. The molecule has 0 saturated heterocycles. The van der Waals surface area contributed by atoms with Crippen LogP contribution in [0.5, 0.6) is 0 Å². The van der Waals surface area contributed by atoms with Gasteiger partial charge in [0.25, 0.3) is 0 Å². The molecule has 0 spiro atoms. The molecule has 0 fully saturated rings. The van der Waals surface area contributed by atoms with Crippen molar-refractivity contribution in [3.63, 3.8) is 0 Å². The van der Waals surface area contributed by atoms with E-state index >= 15 is 0 Å². The van der Waals surface area contributed by atoms with Gasteiger partial charge in [0.15, 0.2) is 0 Å². The first-order valence-corrected chi connectivity index (χ1v) is 6.75. The van der Waals surface area contributed by atoms with Gasteiger partial charge in [-0.2, -0.15) is 5.10 Å². The molecule has 1 heterocycles. The van der Waals surface area contributed by atoms with Crippen LogP contribution in [0.15, 0.2) is 0 Å². The summed E-state index contributed by atoms with van der Waals surface area (Å²) in [5.74, 6) is 0.758. The smallest absolute Gasteiger partial charge is 0.244 e. The van der Waals surface area contributed by atoms with Gasteiger partial charge in [-0.25, -0.2) is 0 Å². The molecule has 0 aliphatic carbocycles. The summed E-state index contributed by atoms with van der Waals surface area (Å²) >= 11 is 0. The van der Waals surface area contributed by atoms with E-state index in [1.165, 1.54) is 0 Å². The van der Waals surface area contributed by atoms with Gasteiger partial charge in [-0.05, 0) is 20.3 Å². The molecular weight excluding hydrogens is 242 g/mol. The summed E-state index contributed by atoms with van der Waals surface area (Å²) in [6, 6.07) is -0.322. The van der Waals surface area contributed by atoms with E-state index in [2.05, 4.69) is 17.3 Å². The van der Waals surface area contributed by atoms with Gasteiger partial charge < -0.3 is 16.0 Å². The first-order valence-electron chi connectivity index (χ1n) is 6.75. The second-order valence-corrected chi connectivity index (χ2v) is 4.80. The number of nitrogens with one attached hydrogen (secondary N) is 1. The van der Waals surface area contributed by atoms with Gasteiger partial charge in [0.05, 0.1) is 11.4 Å². The third-order valence-corrected chi connectivity index (χ3v) is 3.22. The van der Waals surface area contributed by atoms with E-state index in [9.17, 15) is 4.79 Å². The minimum Gasteiger partial charge on any atom is -0.394 e. The molecule has 1 aromatic heterocycles. The Kier molecular flexibility index (Phi) is 5.20. The molecule has 108 valence electrons. The third kappa shape index (κ3) is 3.39. The number of aromatic nitrogens is 2. The number of rotatable bonds is 6. The molecule has 1 amide bonds. The van der Waals surface area contributed by atoms with E-state index in [0.717, 1.165) is 18.5 Å². The maximum absolute atomic E-state index is 12.0. The van der Waals surface area contributed by atoms with Crippen LogP contribution < -0.4 is 11.1 Å². The van der Waals surface area contributed by atoms with E-state index < -0.39 is 0 Å². The first-order chi connectivity index (χ1) is 8.92. The summed E-state index contributed by atoms with van der Waals surface area (Å²) in [6.45, 7) is 6.55. The third-order valence-electron chi connectivity index (χ3n) is 3.22. The number of carbonyl (C=O) groups excluding carboxylic acids is 1. The highest BCUT2D eigenvalue weighted by Gasteiger charge is 2.20. The monoisotopic (exact) mass is 267 g/mol. The van der Waals surface area contributed by atoms with Crippen LogP contribution in [0, 0.1) is 0 Å². The van der Waals surface area contributed by atoms with E-state index in [1.54, 1.807) is 16.6 Å². The zero-order chi connectivity index (χ0) is 14.6. The maximum atomic E-state index is 12.0. The van der Waals surface area contributed by atoms with Crippen molar-refractivity contribution in [3.05, 3.63) is 5.69 Å². The molecular formula is C13H25N5O. The van der Waals surface area contributed by atoms with Gasteiger partial charge in [0.2, 0.25) is 5.91 Å². The molecule has 0 aromatic carbocycles. The van der Waals surface area contributed by atoms with Crippen molar-refractivity contribution in [1.82, 2.24) is 14.7 Å². The number of carbonyl (C=O) groups is 1. The fraction of sp³-hybridized carbons (Fsp3) is 0.692. The van der Waals surface area contributed by atoms with Gasteiger partial charge >= 0.3 is 0 Å². The summed E-state index contributed by atoms with van der Waals surface area (Å²) in [6.07, 6.45) is 1.84. The zero-order valence-electron chi connectivity index (χ0n) is 12.5. The standard InChI is InChI=1S/C13H25N5O/c1-6-8-10-11(14)12(18(5)16-10)15-9(3)13(19)17(4)7-2/h9,15H,6-8,14H2,1-5H3. The van der Waals surface area contributed by atoms with Crippen molar-refractivity contribution in [2.45, 2.75) is 39.7 Å². The van der Waals surface area contributed by atoms with Crippen molar-refractivity contribution < 1.29 is 4.79 Å². The number of nitrogens with two attached hydrogens (primary N) is 1. The van der Waals surface area contributed by atoms with Crippen molar-refractivity contribution in [2.24, 2.45) is 7.05 Å². The Morgan fingerprint density at radius 2 is 2.16 bits per heavy atom. The summed E-state index contributed by atoms with van der Waals surface area (Å²) in [4.78, 5) is 13.7. The Balaban J connectivity index is 2.85. The van der Waals surface area contributed by atoms with Crippen LogP contribution in [-0.4, -0.2) is 40.2 Å². The molecule has 1 atom stereocenters. The fourth-order valence-corrected chi connectivity index (χ4v) is 1.94. The summed E-state index contributed by atoms with van der Waals surface area (Å²) in [7, 11) is 3.62. The summed E-state index contributed by atoms with van der Waals surface area (Å²) < 4.78 is 1.70. The Morgan fingerprint density at radius 3 is 2.68 bits per heavy atom.